The zero-order chi connectivity index (χ0) is 21.9. The number of hydrogen-bond acceptors (Lipinski definition) is 3. The van der Waals surface area contributed by atoms with Gasteiger partial charge in [0.1, 0.15) is 0 Å². The third-order valence-corrected chi connectivity index (χ3v) is 5.53. The van der Waals surface area contributed by atoms with Crippen molar-refractivity contribution in [3.05, 3.63) is 114 Å². The maximum Gasteiger partial charge on any atom is 0.272 e. The molecule has 154 valence electrons. The first-order valence-corrected chi connectivity index (χ1v) is 10.5. The van der Waals surface area contributed by atoms with Gasteiger partial charge in [-0.25, -0.2) is 10.4 Å². The fourth-order valence-electron chi connectivity index (χ4n) is 3.92. The lowest BCUT2D eigenvalue weighted by atomic mass is 10.0. The lowest BCUT2D eigenvalue weighted by Gasteiger charge is -2.10. The van der Waals surface area contributed by atoms with E-state index in [0.29, 0.717) is 5.56 Å². The third-order valence-electron chi connectivity index (χ3n) is 5.53. The number of nitrogens with zero attached hydrogens (tertiary/aromatic N) is 2. The van der Waals surface area contributed by atoms with E-state index in [-0.39, 0.29) is 5.91 Å². The van der Waals surface area contributed by atoms with Gasteiger partial charge >= 0.3 is 0 Å². The maximum absolute atomic E-state index is 13.2. The fourth-order valence-corrected chi connectivity index (χ4v) is 3.92. The van der Waals surface area contributed by atoms with E-state index >= 15 is 0 Å². The first-order chi connectivity index (χ1) is 15.7. The van der Waals surface area contributed by atoms with Crippen molar-refractivity contribution in [2.75, 3.05) is 0 Å². The Bertz CT molecular complexity index is 1470. The van der Waals surface area contributed by atoms with Gasteiger partial charge in [0.2, 0.25) is 0 Å². The van der Waals surface area contributed by atoms with Crippen LogP contribution in [-0.2, 0) is 0 Å². The Morgan fingerprint density at radius 2 is 1.44 bits per heavy atom. The number of para-hydroxylation sites is 1. The summed E-state index contributed by atoms with van der Waals surface area (Å²) in [6.07, 6.45) is 0. The zero-order valence-corrected chi connectivity index (χ0v) is 17.6. The molecular weight excluding hydrogens is 394 g/mol. The summed E-state index contributed by atoms with van der Waals surface area (Å²) in [7, 11) is 0. The molecule has 5 aromatic rings. The third kappa shape index (κ3) is 3.74. The van der Waals surface area contributed by atoms with Crippen molar-refractivity contribution in [3.63, 3.8) is 0 Å². The number of carbonyl (C=O) groups excluding carboxylic acids is 1. The van der Waals surface area contributed by atoms with Crippen molar-refractivity contribution in [2.24, 2.45) is 5.10 Å². The lowest BCUT2D eigenvalue weighted by molar-refractivity contribution is 0.0956. The number of hydrogen-bond donors (Lipinski definition) is 1. The summed E-state index contributed by atoms with van der Waals surface area (Å²) >= 11 is 0. The van der Waals surface area contributed by atoms with Gasteiger partial charge in [-0.15, -0.1) is 0 Å². The van der Waals surface area contributed by atoms with E-state index in [1.807, 2.05) is 91.9 Å². The quantitative estimate of drug-likeness (QED) is 0.280. The molecule has 0 radical (unpaired) electrons. The maximum atomic E-state index is 13.2. The summed E-state index contributed by atoms with van der Waals surface area (Å²) in [5.74, 6) is -0.264. The Kier molecular flexibility index (Phi) is 5.18. The number of pyridine rings is 1. The minimum absolute atomic E-state index is 0.264. The molecule has 1 N–H and O–H groups in total. The largest absolute Gasteiger partial charge is 0.272 e. The molecule has 0 saturated carbocycles. The summed E-state index contributed by atoms with van der Waals surface area (Å²) < 4.78 is 0. The van der Waals surface area contributed by atoms with Gasteiger partial charge < -0.3 is 0 Å². The van der Waals surface area contributed by atoms with Crippen LogP contribution in [0.3, 0.4) is 0 Å². The highest BCUT2D eigenvalue weighted by Gasteiger charge is 2.14. The number of fused-ring (bicyclic) bond motifs is 2. The minimum atomic E-state index is -0.264. The Balaban J connectivity index is 1.52. The van der Waals surface area contributed by atoms with Crippen LogP contribution in [0.2, 0.25) is 0 Å². The van der Waals surface area contributed by atoms with Crippen LogP contribution in [0.15, 0.2) is 108 Å². The van der Waals surface area contributed by atoms with Crippen molar-refractivity contribution >= 4 is 33.3 Å². The molecule has 4 aromatic carbocycles. The lowest BCUT2D eigenvalue weighted by Crippen LogP contribution is -2.20. The second kappa shape index (κ2) is 8.44. The van der Waals surface area contributed by atoms with Crippen LogP contribution in [0.4, 0.5) is 0 Å². The summed E-state index contributed by atoms with van der Waals surface area (Å²) in [4.78, 5) is 17.9. The Morgan fingerprint density at radius 3 is 2.28 bits per heavy atom. The van der Waals surface area contributed by atoms with Crippen molar-refractivity contribution in [1.82, 2.24) is 10.4 Å². The summed E-state index contributed by atoms with van der Waals surface area (Å²) in [6.45, 7) is 1.90. The molecule has 1 aromatic heterocycles. The average molecular weight is 415 g/mol. The zero-order valence-electron chi connectivity index (χ0n) is 17.6. The smallest absolute Gasteiger partial charge is 0.267 e. The van der Waals surface area contributed by atoms with E-state index in [0.717, 1.165) is 44.2 Å². The number of amides is 1. The van der Waals surface area contributed by atoms with Crippen LogP contribution in [0.25, 0.3) is 32.9 Å². The molecule has 0 unspecified atom stereocenters. The van der Waals surface area contributed by atoms with Crippen molar-refractivity contribution in [3.8, 4) is 11.3 Å². The predicted octanol–water partition coefficient (Wildman–Crippen LogP) is 6.21. The highest BCUT2D eigenvalue weighted by molar-refractivity contribution is 6.11. The average Bonchev–Trinajstić information content (AvgIpc) is 2.86. The van der Waals surface area contributed by atoms with Gasteiger partial charge in [-0.05, 0) is 29.8 Å². The molecule has 0 bridgehead atoms. The molecule has 4 nitrogen and oxygen atoms in total. The molecule has 32 heavy (non-hydrogen) atoms. The predicted molar refractivity (Wildman–Crippen MR) is 131 cm³/mol. The topological polar surface area (TPSA) is 54.4 Å². The van der Waals surface area contributed by atoms with E-state index in [9.17, 15) is 4.79 Å². The number of hydrazone groups is 1. The van der Waals surface area contributed by atoms with Gasteiger partial charge in [-0.3, -0.25) is 4.79 Å². The normalized spacial score (nSPS) is 11.6. The highest BCUT2D eigenvalue weighted by Crippen LogP contribution is 2.25. The Morgan fingerprint density at radius 1 is 0.750 bits per heavy atom. The summed E-state index contributed by atoms with van der Waals surface area (Å²) in [5, 5.41) is 7.46. The molecule has 0 aliphatic heterocycles. The molecule has 1 amide bonds. The van der Waals surface area contributed by atoms with Crippen LogP contribution >= 0.6 is 0 Å². The number of rotatable bonds is 4. The molecule has 0 atom stereocenters. The van der Waals surface area contributed by atoms with E-state index in [2.05, 4.69) is 28.7 Å². The second-order valence-corrected chi connectivity index (χ2v) is 7.60. The van der Waals surface area contributed by atoms with Crippen LogP contribution in [0, 0.1) is 0 Å². The SMILES string of the molecule is C/C(=N\NC(=O)c1cc(-c2ccccc2)nc2ccccc12)c1cccc2ccccc12. The van der Waals surface area contributed by atoms with Gasteiger partial charge in [0.05, 0.1) is 22.5 Å². The number of benzene rings is 4. The molecule has 0 saturated heterocycles. The fraction of sp³-hybridized carbons (Fsp3) is 0.0357. The van der Waals surface area contributed by atoms with E-state index in [1.165, 1.54) is 0 Å². The standard InChI is InChI=1S/C28H21N3O/c1-19(22-16-9-13-20-10-5-6-14-23(20)22)30-31-28(32)25-18-27(21-11-3-2-4-12-21)29-26-17-8-7-15-24(25)26/h2-18H,1H3,(H,31,32)/b30-19+. The van der Waals surface area contributed by atoms with Crippen LogP contribution in [0.1, 0.15) is 22.8 Å². The first-order valence-electron chi connectivity index (χ1n) is 10.5. The van der Waals surface area contributed by atoms with Gasteiger partial charge in [-0.1, -0.05) is 91.0 Å². The molecule has 0 spiro atoms. The molecule has 0 aliphatic rings. The number of nitrogens with one attached hydrogen (secondary N) is 1. The summed E-state index contributed by atoms with van der Waals surface area (Å²) in [6, 6.07) is 33.6. The minimum Gasteiger partial charge on any atom is -0.267 e. The van der Waals surface area contributed by atoms with Gasteiger partial charge in [0, 0.05) is 16.5 Å². The van der Waals surface area contributed by atoms with Crippen molar-refractivity contribution in [2.45, 2.75) is 6.92 Å². The molecule has 5 rings (SSSR count). The van der Waals surface area contributed by atoms with E-state index in [4.69, 9.17) is 4.98 Å². The van der Waals surface area contributed by atoms with E-state index < -0.39 is 0 Å². The van der Waals surface area contributed by atoms with Crippen LogP contribution < -0.4 is 5.43 Å². The van der Waals surface area contributed by atoms with Crippen LogP contribution in [-0.4, -0.2) is 16.6 Å². The van der Waals surface area contributed by atoms with Gasteiger partial charge in [0.15, 0.2) is 0 Å². The monoisotopic (exact) mass is 415 g/mol. The molecule has 0 fully saturated rings. The molecule has 4 heteroatoms. The van der Waals surface area contributed by atoms with Crippen molar-refractivity contribution in [1.29, 1.82) is 0 Å². The molecular formula is C28H21N3O. The first kappa shape index (κ1) is 19.6. The molecule has 1 heterocycles. The Hall–Kier alpha value is -4.31. The van der Waals surface area contributed by atoms with Crippen LogP contribution in [0.5, 0.6) is 0 Å². The van der Waals surface area contributed by atoms with Gasteiger partial charge in [0.25, 0.3) is 5.91 Å². The van der Waals surface area contributed by atoms with Crippen molar-refractivity contribution < 1.29 is 4.79 Å². The highest BCUT2D eigenvalue weighted by atomic mass is 16.2. The molecule has 0 aliphatic carbocycles. The van der Waals surface area contributed by atoms with Gasteiger partial charge in [-0.2, -0.15) is 5.10 Å². The number of aromatic nitrogens is 1. The second-order valence-electron chi connectivity index (χ2n) is 7.60. The van der Waals surface area contributed by atoms with E-state index in [1.54, 1.807) is 0 Å². The Labute approximate surface area is 186 Å². The number of carbonyl (C=O) groups is 1. The summed E-state index contributed by atoms with van der Waals surface area (Å²) in [5.41, 5.74) is 7.53.